The number of piperidine rings is 1. The summed E-state index contributed by atoms with van der Waals surface area (Å²) in [5, 5.41) is 12.0. The van der Waals surface area contributed by atoms with Crippen LogP contribution in [-0.2, 0) is 4.74 Å². The number of carbonyl (C=O) groups is 1. The molecule has 0 bridgehead atoms. The number of hydrogen-bond acceptors (Lipinski definition) is 5. The Morgan fingerprint density at radius 2 is 2.26 bits per heavy atom. The second-order valence-electron chi connectivity index (χ2n) is 7.00. The Hall–Kier alpha value is -2.08. The summed E-state index contributed by atoms with van der Waals surface area (Å²) < 4.78 is 6.69. The van der Waals surface area contributed by atoms with Crippen molar-refractivity contribution < 1.29 is 9.53 Å². The second-order valence-corrected chi connectivity index (χ2v) is 7.00. The van der Waals surface area contributed by atoms with Gasteiger partial charge in [0.15, 0.2) is 0 Å². The highest BCUT2D eigenvalue weighted by Gasteiger charge is 2.20. The molecule has 1 aromatic heterocycles. The number of rotatable bonds is 2. The van der Waals surface area contributed by atoms with Crippen molar-refractivity contribution in [3.05, 3.63) is 24.4 Å². The highest BCUT2D eigenvalue weighted by Crippen LogP contribution is 2.21. The quantitative estimate of drug-likeness (QED) is 0.891. The molecule has 1 aromatic carbocycles. The number of ether oxygens (including phenoxy) is 1. The van der Waals surface area contributed by atoms with E-state index in [4.69, 9.17) is 4.74 Å². The Balaban J connectivity index is 1.78. The lowest BCUT2D eigenvalue weighted by molar-refractivity contribution is 0.0523. The normalized spacial score (nSPS) is 18.8. The molecule has 1 saturated heterocycles. The molecule has 1 aliphatic rings. The molecule has 0 saturated carbocycles. The highest BCUT2D eigenvalue weighted by atomic mass is 16.6. The van der Waals surface area contributed by atoms with Gasteiger partial charge in [0.2, 0.25) is 0 Å². The number of benzene rings is 1. The predicted molar refractivity (Wildman–Crippen MR) is 90.9 cm³/mol. The van der Waals surface area contributed by atoms with Crippen LogP contribution in [0.5, 0.6) is 0 Å². The van der Waals surface area contributed by atoms with Gasteiger partial charge in [0.1, 0.15) is 5.60 Å². The van der Waals surface area contributed by atoms with E-state index < -0.39 is 11.7 Å². The van der Waals surface area contributed by atoms with Crippen LogP contribution < -0.4 is 10.6 Å². The zero-order valence-electron chi connectivity index (χ0n) is 13.9. The van der Waals surface area contributed by atoms with Gasteiger partial charge in [-0.2, -0.15) is 9.78 Å². The predicted octanol–water partition coefficient (Wildman–Crippen LogP) is 2.98. The second kappa shape index (κ2) is 6.20. The number of hydrogen-bond donors (Lipinski definition) is 2. The van der Waals surface area contributed by atoms with E-state index in [-0.39, 0.29) is 0 Å². The van der Waals surface area contributed by atoms with Crippen molar-refractivity contribution in [1.29, 1.82) is 0 Å². The largest absolute Gasteiger partial charge is 0.442 e. The van der Waals surface area contributed by atoms with Gasteiger partial charge in [-0.3, -0.25) is 0 Å². The molecule has 2 heterocycles. The molecular formula is C17H24N4O2. The third-order valence-corrected chi connectivity index (χ3v) is 3.80. The van der Waals surface area contributed by atoms with Crippen molar-refractivity contribution >= 4 is 22.7 Å². The topological polar surface area (TPSA) is 68.2 Å². The van der Waals surface area contributed by atoms with Crippen molar-refractivity contribution in [2.45, 2.75) is 45.3 Å². The number of nitrogens with zero attached hydrogens (tertiary/aromatic N) is 2. The Kier molecular flexibility index (Phi) is 4.26. The van der Waals surface area contributed by atoms with E-state index in [9.17, 15) is 4.79 Å². The van der Waals surface area contributed by atoms with Gasteiger partial charge in [-0.1, -0.05) is 0 Å². The summed E-state index contributed by atoms with van der Waals surface area (Å²) in [5.74, 6) is 0. The first-order valence-electron chi connectivity index (χ1n) is 8.11. The average Bonchev–Trinajstić information content (AvgIpc) is 2.90. The minimum atomic E-state index is -0.537. The van der Waals surface area contributed by atoms with E-state index in [1.807, 2.05) is 39.0 Å². The molecule has 3 rings (SSSR count). The molecule has 124 valence electrons. The van der Waals surface area contributed by atoms with E-state index in [1.165, 1.54) is 17.5 Å². The summed E-state index contributed by atoms with van der Waals surface area (Å²) >= 11 is 0. The van der Waals surface area contributed by atoms with Crippen LogP contribution in [0.1, 0.15) is 33.6 Å². The van der Waals surface area contributed by atoms with Gasteiger partial charge < -0.3 is 15.4 Å². The van der Waals surface area contributed by atoms with Crippen LogP contribution in [-0.4, -0.2) is 40.6 Å². The first-order valence-corrected chi connectivity index (χ1v) is 8.11. The molecule has 0 aliphatic carbocycles. The van der Waals surface area contributed by atoms with E-state index in [0.29, 0.717) is 6.04 Å². The fourth-order valence-corrected chi connectivity index (χ4v) is 2.78. The number of anilines is 1. The highest BCUT2D eigenvalue weighted by molar-refractivity contribution is 5.89. The van der Waals surface area contributed by atoms with Gasteiger partial charge in [0.25, 0.3) is 0 Å². The summed E-state index contributed by atoms with van der Waals surface area (Å²) in [6.07, 6.45) is 3.60. The zero-order valence-corrected chi connectivity index (χ0v) is 13.9. The van der Waals surface area contributed by atoms with Crippen LogP contribution >= 0.6 is 0 Å². The smallest absolute Gasteiger partial charge is 0.435 e. The third-order valence-electron chi connectivity index (χ3n) is 3.80. The van der Waals surface area contributed by atoms with Crippen LogP contribution in [0, 0.1) is 0 Å². The lowest BCUT2D eigenvalue weighted by Crippen LogP contribution is -2.38. The summed E-state index contributed by atoms with van der Waals surface area (Å²) in [4.78, 5) is 12.2. The molecule has 1 aliphatic heterocycles. The monoisotopic (exact) mass is 316 g/mol. The SMILES string of the molecule is CC(C)(C)OC(=O)n1ncc2cc(N[C@@H]3CCCNC3)ccc21. The minimum absolute atomic E-state index is 0.446. The van der Waals surface area contributed by atoms with E-state index >= 15 is 0 Å². The Labute approximate surface area is 136 Å². The van der Waals surface area contributed by atoms with Crippen LogP contribution in [0.3, 0.4) is 0 Å². The number of fused-ring (bicyclic) bond motifs is 1. The van der Waals surface area contributed by atoms with Crippen LogP contribution in [0.15, 0.2) is 24.4 Å². The molecule has 1 atom stereocenters. The van der Waals surface area contributed by atoms with E-state index in [2.05, 4.69) is 15.7 Å². The van der Waals surface area contributed by atoms with Gasteiger partial charge in [-0.25, -0.2) is 4.79 Å². The fraction of sp³-hybridized carbons (Fsp3) is 0.529. The Morgan fingerprint density at radius 3 is 2.96 bits per heavy atom. The standard InChI is InChI=1S/C17H24N4O2/c1-17(2,3)23-16(22)21-15-7-6-13(9-12(15)10-19-21)20-14-5-4-8-18-11-14/h6-7,9-10,14,18,20H,4-5,8,11H2,1-3H3/t14-/m1/s1. The van der Waals surface area contributed by atoms with Crippen LogP contribution in [0.25, 0.3) is 10.9 Å². The summed E-state index contributed by atoms with van der Waals surface area (Å²) in [7, 11) is 0. The van der Waals surface area contributed by atoms with Crippen molar-refractivity contribution in [2.75, 3.05) is 18.4 Å². The van der Waals surface area contributed by atoms with Crippen molar-refractivity contribution in [2.24, 2.45) is 0 Å². The molecule has 0 amide bonds. The molecule has 2 aromatic rings. The Morgan fingerprint density at radius 1 is 1.43 bits per heavy atom. The molecule has 6 nitrogen and oxygen atoms in total. The summed E-state index contributed by atoms with van der Waals surface area (Å²) in [5.41, 5.74) is 1.27. The van der Waals surface area contributed by atoms with Gasteiger partial charge in [-0.15, -0.1) is 0 Å². The number of carbonyl (C=O) groups excluding carboxylic acids is 1. The lowest BCUT2D eigenvalue weighted by Gasteiger charge is -2.24. The molecule has 23 heavy (non-hydrogen) atoms. The minimum Gasteiger partial charge on any atom is -0.442 e. The Bertz CT molecular complexity index is 696. The molecule has 1 fully saturated rings. The summed E-state index contributed by atoms with van der Waals surface area (Å²) in [6, 6.07) is 6.37. The first kappa shape index (κ1) is 15.8. The van der Waals surface area contributed by atoms with Gasteiger partial charge in [0.05, 0.1) is 11.7 Å². The van der Waals surface area contributed by atoms with Gasteiger partial charge >= 0.3 is 6.09 Å². The number of nitrogens with one attached hydrogen (secondary N) is 2. The third kappa shape index (κ3) is 3.82. The van der Waals surface area contributed by atoms with Gasteiger partial charge in [-0.05, 0) is 58.4 Å². The molecule has 0 spiro atoms. The summed E-state index contributed by atoms with van der Waals surface area (Å²) in [6.45, 7) is 7.61. The maximum atomic E-state index is 12.2. The average molecular weight is 316 g/mol. The molecular weight excluding hydrogens is 292 g/mol. The van der Waals surface area contributed by atoms with Crippen LogP contribution in [0.4, 0.5) is 10.5 Å². The van der Waals surface area contributed by atoms with Crippen molar-refractivity contribution in [1.82, 2.24) is 15.1 Å². The molecule has 2 N–H and O–H groups in total. The van der Waals surface area contributed by atoms with Crippen molar-refractivity contribution in [3.63, 3.8) is 0 Å². The van der Waals surface area contributed by atoms with E-state index in [1.54, 1.807) is 6.20 Å². The first-order chi connectivity index (χ1) is 10.9. The van der Waals surface area contributed by atoms with E-state index in [0.717, 1.165) is 29.7 Å². The zero-order chi connectivity index (χ0) is 16.4. The molecule has 0 radical (unpaired) electrons. The van der Waals surface area contributed by atoms with Gasteiger partial charge in [0, 0.05) is 23.7 Å². The molecule has 6 heteroatoms. The molecule has 0 unspecified atom stereocenters. The lowest BCUT2D eigenvalue weighted by atomic mass is 10.1. The van der Waals surface area contributed by atoms with Crippen molar-refractivity contribution in [3.8, 4) is 0 Å². The maximum Gasteiger partial charge on any atom is 0.435 e. The van der Waals surface area contributed by atoms with Crippen LogP contribution in [0.2, 0.25) is 0 Å². The maximum absolute atomic E-state index is 12.2. The fourth-order valence-electron chi connectivity index (χ4n) is 2.78. The number of aromatic nitrogens is 2.